The quantitative estimate of drug-likeness (QED) is 0.558. The van der Waals surface area contributed by atoms with Gasteiger partial charge >= 0.3 is 0 Å². The zero-order valence-corrected chi connectivity index (χ0v) is 19.7. The summed E-state index contributed by atoms with van der Waals surface area (Å²) in [5.74, 6) is 0.726. The molecule has 2 aromatic rings. The van der Waals surface area contributed by atoms with Crippen molar-refractivity contribution in [1.29, 1.82) is 0 Å². The highest BCUT2D eigenvalue weighted by atomic mass is 32.2. The third-order valence-electron chi connectivity index (χ3n) is 4.64. The van der Waals surface area contributed by atoms with E-state index in [2.05, 4.69) is 11.4 Å². The van der Waals surface area contributed by atoms with Crippen LogP contribution in [0.4, 0.5) is 5.69 Å². The van der Waals surface area contributed by atoms with Gasteiger partial charge in [0.15, 0.2) is 0 Å². The van der Waals surface area contributed by atoms with Crippen LogP contribution in [0.1, 0.15) is 38.3 Å². The van der Waals surface area contributed by atoms with Gasteiger partial charge in [0.1, 0.15) is 16.4 Å². The van der Waals surface area contributed by atoms with Crippen molar-refractivity contribution in [3.63, 3.8) is 0 Å². The molecule has 0 unspecified atom stereocenters. The standard InChI is InChI=1S/C23H32N2O5S/c1-6-25(7-2)31(27,28)22-16-19(9-10-21(22)29-8-3)24-23(26)11-12-30-20-14-17(4)13-18(5)15-20/h9-10,13-16H,6-8,11-12H2,1-5H3,(H,24,26). The molecule has 0 aromatic heterocycles. The molecule has 0 aliphatic carbocycles. The summed E-state index contributed by atoms with van der Waals surface area (Å²) in [6.45, 7) is 10.6. The Morgan fingerprint density at radius 3 is 2.19 bits per heavy atom. The van der Waals surface area contributed by atoms with Crippen molar-refractivity contribution < 1.29 is 22.7 Å². The topological polar surface area (TPSA) is 84.9 Å². The minimum Gasteiger partial charge on any atom is -0.493 e. The Kier molecular flexibility index (Phi) is 8.88. The van der Waals surface area contributed by atoms with E-state index in [-0.39, 0.29) is 29.6 Å². The monoisotopic (exact) mass is 448 g/mol. The maximum atomic E-state index is 13.0. The lowest BCUT2D eigenvalue weighted by molar-refractivity contribution is -0.116. The van der Waals surface area contributed by atoms with Gasteiger partial charge in [0.2, 0.25) is 15.9 Å². The van der Waals surface area contributed by atoms with Crippen LogP contribution in [0.5, 0.6) is 11.5 Å². The minimum atomic E-state index is -3.74. The van der Waals surface area contributed by atoms with Gasteiger partial charge in [-0.1, -0.05) is 19.9 Å². The third kappa shape index (κ3) is 6.70. The zero-order chi connectivity index (χ0) is 23.0. The molecule has 0 saturated carbocycles. The summed E-state index contributed by atoms with van der Waals surface area (Å²) in [7, 11) is -3.74. The number of rotatable bonds is 11. The molecular formula is C23H32N2O5S. The molecule has 170 valence electrons. The zero-order valence-electron chi connectivity index (χ0n) is 18.9. The Labute approximate surface area is 185 Å². The van der Waals surface area contributed by atoms with Crippen molar-refractivity contribution in [3.8, 4) is 11.5 Å². The molecular weight excluding hydrogens is 416 g/mol. The molecule has 7 nitrogen and oxygen atoms in total. The first-order valence-corrected chi connectivity index (χ1v) is 11.9. The number of sulfonamides is 1. The number of aryl methyl sites for hydroxylation is 2. The fourth-order valence-electron chi connectivity index (χ4n) is 3.27. The number of hydrogen-bond acceptors (Lipinski definition) is 5. The summed E-state index contributed by atoms with van der Waals surface area (Å²) in [6.07, 6.45) is 0.137. The maximum absolute atomic E-state index is 13.0. The van der Waals surface area contributed by atoms with Gasteiger partial charge in [-0.05, 0) is 62.2 Å². The van der Waals surface area contributed by atoms with Gasteiger partial charge in [0.25, 0.3) is 0 Å². The van der Waals surface area contributed by atoms with E-state index in [0.29, 0.717) is 25.4 Å². The average Bonchev–Trinajstić information content (AvgIpc) is 2.69. The molecule has 0 bridgehead atoms. The molecule has 0 atom stereocenters. The van der Waals surface area contributed by atoms with Crippen LogP contribution in [0.3, 0.4) is 0 Å². The van der Waals surface area contributed by atoms with E-state index in [0.717, 1.165) is 16.9 Å². The fraction of sp³-hybridized carbons (Fsp3) is 0.435. The van der Waals surface area contributed by atoms with Crippen LogP contribution in [0.2, 0.25) is 0 Å². The molecule has 0 aliphatic rings. The molecule has 8 heteroatoms. The Morgan fingerprint density at radius 2 is 1.61 bits per heavy atom. The highest BCUT2D eigenvalue weighted by Crippen LogP contribution is 2.30. The number of nitrogens with zero attached hydrogens (tertiary/aromatic N) is 1. The van der Waals surface area contributed by atoms with Crippen LogP contribution in [0, 0.1) is 13.8 Å². The van der Waals surface area contributed by atoms with E-state index < -0.39 is 10.0 Å². The maximum Gasteiger partial charge on any atom is 0.246 e. The van der Waals surface area contributed by atoms with Gasteiger partial charge in [0, 0.05) is 18.8 Å². The molecule has 1 N–H and O–H groups in total. The highest BCUT2D eigenvalue weighted by molar-refractivity contribution is 7.89. The lowest BCUT2D eigenvalue weighted by Gasteiger charge is -2.21. The molecule has 1 amide bonds. The number of hydrogen-bond donors (Lipinski definition) is 1. The summed E-state index contributed by atoms with van der Waals surface area (Å²) in [4.78, 5) is 12.4. The van der Waals surface area contributed by atoms with Gasteiger partial charge in [0.05, 0.1) is 19.6 Å². The molecule has 0 fully saturated rings. The number of nitrogens with one attached hydrogen (secondary N) is 1. The third-order valence-corrected chi connectivity index (χ3v) is 6.71. The second-order valence-electron chi connectivity index (χ2n) is 7.15. The summed E-state index contributed by atoms with van der Waals surface area (Å²) in [5, 5.41) is 2.75. The number of anilines is 1. The van der Waals surface area contributed by atoms with Crippen LogP contribution in [0.15, 0.2) is 41.3 Å². The van der Waals surface area contributed by atoms with Crippen LogP contribution in [-0.4, -0.2) is 44.9 Å². The summed E-state index contributed by atoms with van der Waals surface area (Å²) in [6, 6.07) is 10.5. The van der Waals surface area contributed by atoms with Crippen LogP contribution in [-0.2, 0) is 14.8 Å². The van der Waals surface area contributed by atoms with Crippen LogP contribution in [0.25, 0.3) is 0 Å². The van der Waals surface area contributed by atoms with Crippen molar-refractivity contribution in [3.05, 3.63) is 47.5 Å². The molecule has 0 saturated heterocycles. The van der Waals surface area contributed by atoms with E-state index in [4.69, 9.17) is 9.47 Å². The normalized spacial score (nSPS) is 11.4. The fourth-order valence-corrected chi connectivity index (χ4v) is 4.88. The SMILES string of the molecule is CCOc1ccc(NC(=O)CCOc2cc(C)cc(C)c2)cc1S(=O)(=O)N(CC)CC. The Morgan fingerprint density at radius 1 is 0.968 bits per heavy atom. The van der Waals surface area contributed by atoms with Crippen molar-refractivity contribution in [1.82, 2.24) is 4.31 Å². The van der Waals surface area contributed by atoms with Crippen LogP contribution < -0.4 is 14.8 Å². The molecule has 31 heavy (non-hydrogen) atoms. The lowest BCUT2D eigenvalue weighted by Crippen LogP contribution is -2.31. The van der Waals surface area contributed by atoms with Gasteiger partial charge in [-0.2, -0.15) is 4.31 Å². The van der Waals surface area contributed by atoms with E-state index in [1.54, 1.807) is 32.9 Å². The minimum absolute atomic E-state index is 0.0438. The van der Waals surface area contributed by atoms with E-state index >= 15 is 0 Å². The van der Waals surface area contributed by atoms with Crippen molar-refractivity contribution in [2.75, 3.05) is 31.6 Å². The summed E-state index contributed by atoms with van der Waals surface area (Å²) in [5.41, 5.74) is 2.58. The molecule has 0 aliphatic heterocycles. The number of benzene rings is 2. The highest BCUT2D eigenvalue weighted by Gasteiger charge is 2.26. The number of ether oxygens (including phenoxy) is 2. The Bertz CT molecular complexity index is 981. The van der Waals surface area contributed by atoms with Gasteiger partial charge in [-0.3, -0.25) is 4.79 Å². The van der Waals surface area contributed by atoms with Crippen molar-refractivity contribution >= 4 is 21.6 Å². The number of carbonyl (C=O) groups is 1. The molecule has 2 aromatic carbocycles. The molecule has 0 radical (unpaired) electrons. The molecule has 0 heterocycles. The largest absolute Gasteiger partial charge is 0.493 e. The average molecular weight is 449 g/mol. The number of carbonyl (C=O) groups excluding carboxylic acids is 1. The van der Waals surface area contributed by atoms with E-state index in [1.165, 1.54) is 10.4 Å². The first-order valence-electron chi connectivity index (χ1n) is 10.5. The molecule has 0 spiro atoms. The Hall–Kier alpha value is -2.58. The van der Waals surface area contributed by atoms with Gasteiger partial charge in [-0.15, -0.1) is 0 Å². The lowest BCUT2D eigenvalue weighted by atomic mass is 10.1. The first kappa shape index (κ1) is 24.7. The first-order chi connectivity index (χ1) is 14.7. The summed E-state index contributed by atoms with van der Waals surface area (Å²) >= 11 is 0. The summed E-state index contributed by atoms with van der Waals surface area (Å²) < 4.78 is 38.6. The van der Waals surface area contributed by atoms with Crippen molar-refractivity contribution in [2.24, 2.45) is 0 Å². The van der Waals surface area contributed by atoms with E-state index in [1.807, 2.05) is 26.0 Å². The second kappa shape index (κ2) is 11.2. The predicted octanol–water partition coefficient (Wildman–Crippen LogP) is 4.14. The van der Waals surface area contributed by atoms with Gasteiger partial charge < -0.3 is 14.8 Å². The van der Waals surface area contributed by atoms with Gasteiger partial charge in [-0.25, -0.2) is 8.42 Å². The van der Waals surface area contributed by atoms with Crippen molar-refractivity contribution in [2.45, 2.75) is 45.9 Å². The Balaban J connectivity index is 2.11. The predicted molar refractivity (Wildman–Crippen MR) is 122 cm³/mol. The van der Waals surface area contributed by atoms with E-state index in [9.17, 15) is 13.2 Å². The molecule has 2 rings (SSSR count). The number of amides is 1. The second-order valence-corrected chi connectivity index (χ2v) is 9.06. The van der Waals surface area contributed by atoms with Crippen LogP contribution >= 0.6 is 0 Å². The smallest absolute Gasteiger partial charge is 0.246 e.